The van der Waals surface area contributed by atoms with E-state index < -0.39 is 17.8 Å². The van der Waals surface area contributed by atoms with Crippen LogP contribution in [0.3, 0.4) is 0 Å². The van der Waals surface area contributed by atoms with Gasteiger partial charge in [-0.25, -0.2) is 14.4 Å². The van der Waals surface area contributed by atoms with Crippen LogP contribution in [0.25, 0.3) is 22.3 Å². The van der Waals surface area contributed by atoms with Gasteiger partial charge in [0, 0.05) is 17.5 Å². The first-order valence-electron chi connectivity index (χ1n) is 11.4. The molecule has 2 N–H and O–H groups in total. The summed E-state index contributed by atoms with van der Waals surface area (Å²) in [6.07, 6.45) is 3.00. The number of fused-ring (bicyclic) bond motifs is 1. The highest BCUT2D eigenvalue weighted by Crippen LogP contribution is 2.25. The Morgan fingerprint density at radius 1 is 1.00 bits per heavy atom. The molecule has 1 atom stereocenters. The van der Waals surface area contributed by atoms with Crippen molar-refractivity contribution in [2.24, 2.45) is 0 Å². The zero-order chi connectivity index (χ0) is 24.8. The van der Waals surface area contributed by atoms with Crippen LogP contribution in [0.4, 0.5) is 4.39 Å². The average Bonchev–Trinajstić information content (AvgIpc) is 2.86. The Morgan fingerprint density at radius 3 is 2.51 bits per heavy atom. The van der Waals surface area contributed by atoms with Crippen LogP contribution < -0.4 is 5.32 Å². The monoisotopic (exact) mass is 472 g/mol. The predicted octanol–water partition coefficient (Wildman–Crippen LogP) is 5.12. The van der Waals surface area contributed by atoms with Gasteiger partial charge in [0.1, 0.15) is 5.82 Å². The zero-order valence-electron chi connectivity index (χ0n) is 19.2. The number of hydrogen-bond donors (Lipinski definition) is 2. The fraction of sp³-hybridized carbons (Fsp3) is 0.222. The van der Waals surface area contributed by atoms with E-state index in [2.05, 4.69) is 10.3 Å². The van der Waals surface area contributed by atoms with Gasteiger partial charge >= 0.3 is 5.97 Å². The van der Waals surface area contributed by atoms with Gasteiger partial charge < -0.3 is 10.4 Å². The minimum absolute atomic E-state index is 0.104. The van der Waals surface area contributed by atoms with Crippen molar-refractivity contribution < 1.29 is 19.1 Å². The highest BCUT2D eigenvalue weighted by Gasteiger charge is 2.16. The number of nitrogens with zero attached hydrogens (tertiary/aromatic N) is 3. The number of pyridine rings is 1. The van der Waals surface area contributed by atoms with E-state index in [1.807, 2.05) is 30.3 Å². The molecule has 2 aromatic carbocycles. The Labute approximate surface area is 202 Å². The smallest absolute Gasteiger partial charge is 0.303 e. The molecule has 1 amide bonds. The molecule has 0 aliphatic carbocycles. The van der Waals surface area contributed by atoms with Crippen LogP contribution >= 0.6 is 0 Å². The molecule has 4 rings (SSSR count). The Kier molecular flexibility index (Phi) is 7.40. The first-order valence-corrected chi connectivity index (χ1v) is 11.4. The number of carbonyl (C=O) groups excluding carboxylic acids is 1. The number of nitrogens with one attached hydrogen (secondary N) is 1. The fourth-order valence-corrected chi connectivity index (χ4v) is 3.80. The van der Waals surface area contributed by atoms with Crippen molar-refractivity contribution in [3.63, 3.8) is 0 Å². The number of halogens is 1. The highest BCUT2D eigenvalue weighted by atomic mass is 19.1. The van der Waals surface area contributed by atoms with E-state index in [-0.39, 0.29) is 12.3 Å². The van der Waals surface area contributed by atoms with E-state index in [0.29, 0.717) is 41.6 Å². The van der Waals surface area contributed by atoms with Gasteiger partial charge in [-0.15, -0.1) is 0 Å². The number of amides is 1. The Balaban J connectivity index is 1.61. The van der Waals surface area contributed by atoms with E-state index >= 15 is 0 Å². The van der Waals surface area contributed by atoms with Crippen LogP contribution in [0, 0.1) is 5.82 Å². The summed E-state index contributed by atoms with van der Waals surface area (Å²) < 4.78 is 13.1. The van der Waals surface area contributed by atoms with Gasteiger partial charge in [0.15, 0.2) is 0 Å². The third-order valence-electron chi connectivity index (χ3n) is 5.64. The molecule has 0 fully saturated rings. The molecule has 178 valence electrons. The second kappa shape index (κ2) is 10.8. The second-order valence-corrected chi connectivity index (χ2v) is 8.29. The molecular weight excluding hydrogens is 447 g/mol. The third-order valence-corrected chi connectivity index (χ3v) is 5.64. The number of aliphatic carboxylic acids is 1. The molecule has 35 heavy (non-hydrogen) atoms. The number of hydrogen-bond acceptors (Lipinski definition) is 5. The zero-order valence-corrected chi connectivity index (χ0v) is 19.2. The average molecular weight is 473 g/mol. The molecule has 7 nitrogen and oxygen atoms in total. The minimum atomic E-state index is -0.821. The lowest BCUT2D eigenvalue weighted by atomic mass is 10.0. The van der Waals surface area contributed by atoms with E-state index in [4.69, 9.17) is 15.1 Å². The minimum Gasteiger partial charge on any atom is -0.481 e. The molecule has 8 heteroatoms. The molecule has 0 saturated carbocycles. The van der Waals surface area contributed by atoms with Crippen LogP contribution in [0.15, 0.2) is 66.9 Å². The number of rotatable bonds is 9. The molecule has 4 aromatic rings. The molecule has 0 unspecified atom stereocenters. The number of benzene rings is 2. The summed E-state index contributed by atoms with van der Waals surface area (Å²) in [5.74, 6) is -1.56. The SMILES string of the molecule is C[C@H](NC(=O)c1ccc2nc(-c3ccccc3)c(CCCCC(=O)O)nc2c1)c1ccc(F)cn1. The Morgan fingerprint density at radius 2 is 1.80 bits per heavy atom. The maximum Gasteiger partial charge on any atom is 0.303 e. The molecular formula is C27H25FN4O3. The summed E-state index contributed by atoms with van der Waals surface area (Å²) in [6.45, 7) is 1.78. The largest absolute Gasteiger partial charge is 0.481 e. The normalized spacial score (nSPS) is 11.8. The number of aromatic nitrogens is 3. The molecule has 0 aliphatic rings. The maximum atomic E-state index is 13.1. The maximum absolute atomic E-state index is 13.1. The van der Waals surface area contributed by atoms with Crippen molar-refractivity contribution in [3.05, 3.63) is 89.6 Å². The van der Waals surface area contributed by atoms with Crippen molar-refractivity contribution >= 4 is 22.9 Å². The Bertz CT molecular complexity index is 1340. The standard InChI is InChI=1S/C27H25FN4O3/c1-17(21-14-12-20(28)16-29-21)30-27(35)19-11-13-22-24(15-19)31-23(9-5-6-10-25(33)34)26(32-22)18-7-3-2-4-8-18/h2-4,7-8,11-17H,5-6,9-10H2,1H3,(H,30,35)(H,33,34)/t17-/m0/s1. The highest BCUT2D eigenvalue weighted by molar-refractivity contribution is 5.97. The van der Waals surface area contributed by atoms with E-state index in [9.17, 15) is 14.0 Å². The van der Waals surface area contributed by atoms with Gasteiger partial charge in [-0.1, -0.05) is 30.3 Å². The summed E-state index contributed by atoms with van der Waals surface area (Å²) in [5, 5.41) is 11.8. The Hall–Kier alpha value is -4.20. The van der Waals surface area contributed by atoms with Crippen molar-refractivity contribution in [2.75, 3.05) is 0 Å². The first kappa shape index (κ1) is 23.9. The number of unbranched alkanes of at least 4 members (excludes halogenated alkanes) is 1. The third kappa shape index (κ3) is 6.03. The van der Waals surface area contributed by atoms with Crippen LogP contribution in [-0.2, 0) is 11.2 Å². The van der Waals surface area contributed by atoms with Gasteiger partial charge in [0.2, 0.25) is 0 Å². The summed E-state index contributed by atoms with van der Waals surface area (Å²) in [7, 11) is 0. The summed E-state index contributed by atoms with van der Waals surface area (Å²) in [5.41, 5.74) is 4.65. The predicted molar refractivity (Wildman–Crippen MR) is 130 cm³/mol. The lowest BCUT2D eigenvalue weighted by Gasteiger charge is -2.14. The fourth-order valence-electron chi connectivity index (χ4n) is 3.80. The molecule has 0 radical (unpaired) electrons. The molecule has 0 saturated heterocycles. The van der Waals surface area contributed by atoms with Crippen LogP contribution in [0.1, 0.15) is 54.0 Å². The molecule has 2 aromatic heterocycles. The number of carboxylic acid groups (broad SMARTS) is 1. The number of aryl methyl sites for hydroxylation is 1. The van der Waals surface area contributed by atoms with Crippen LogP contribution in [0.5, 0.6) is 0 Å². The lowest BCUT2D eigenvalue weighted by Crippen LogP contribution is -2.27. The molecule has 0 aliphatic heterocycles. The quantitative estimate of drug-likeness (QED) is 0.328. The second-order valence-electron chi connectivity index (χ2n) is 8.29. The van der Waals surface area contributed by atoms with Gasteiger partial charge in [-0.2, -0.15) is 0 Å². The number of carboxylic acids is 1. The summed E-state index contributed by atoms with van der Waals surface area (Å²) in [6, 6.07) is 17.3. The van der Waals surface area contributed by atoms with Crippen LogP contribution in [-0.4, -0.2) is 31.9 Å². The van der Waals surface area contributed by atoms with E-state index in [1.54, 1.807) is 25.1 Å². The van der Waals surface area contributed by atoms with Crippen molar-refractivity contribution in [2.45, 2.75) is 38.6 Å². The van der Waals surface area contributed by atoms with Gasteiger partial charge in [-0.3, -0.25) is 14.6 Å². The van der Waals surface area contributed by atoms with Gasteiger partial charge in [-0.05, 0) is 56.5 Å². The van der Waals surface area contributed by atoms with Crippen LogP contribution in [0.2, 0.25) is 0 Å². The van der Waals surface area contributed by atoms with Gasteiger partial charge in [0.25, 0.3) is 5.91 Å². The van der Waals surface area contributed by atoms with E-state index in [1.165, 1.54) is 12.1 Å². The van der Waals surface area contributed by atoms with Crippen molar-refractivity contribution in [1.82, 2.24) is 20.3 Å². The van der Waals surface area contributed by atoms with Crippen molar-refractivity contribution in [3.8, 4) is 11.3 Å². The topological polar surface area (TPSA) is 105 Å². The first-order chi connectivity index (χ1) is 16.9. The molecule has 0 bridgehead atoms. The summed E-state index contributed by atoms with van der Waals surface area (Å²) in [4.78, 5) is 37.4. The van der Waals surface area contributed by atoms with Gasteiger partial charge in [0.05, 0.1) is 40.4 Å². The number of carbonyl (C=O) groups is 2. The molecule has 0 spiro atoms. The summed E-state index contributed by atoms with van der Waals surface area (Å²) >= 11 is 0. The lowest BCUT2D eigenvalue weighted by molar-refractivity contribution is -0.137. The molecule has 2 heterocycles. The van der Waals surface area contributed by atoms with E-state index in [0.717, 1.165) is 23.1 Å². The van der Waals surface area contributed by atoms with Crippen molar-refractivity contribution in [1.29, 1.82) is 0 Å².